The fourth-order valence-corrected chi connectivity index (χ4v) is 1.91. The molecule has 0 radical (unpaired) electrons. The summed E-state index contributed by atoms with van der Waals surface area (Å²) in [5.41, 5.74) is 0.729. The third kappa shape index (κ3) is 2.22. The smallest absolute Gasteiger partial charge is 0.250 e. The molecule has 0 amide bonds. The summed E-state index contributed by atoms with van der Waals surface area (Å²) < 4.78 is 30.8. The lowest BCUT2D eigenvalue weighted by Gasteiger charge is -2.34. The number of likely N-dealkylation sites (tertiary alicyclic amines) is 1. The predicted octanol–water partition coefficient (Wildman–Crippen LogP) is 2.58. The van der Waals surface area contributed by atoms with Gasteiger partial charge in [0.2, 0.25) is 0 Å². The average molecular weight is 226 g/mol. The van der Waals surface area contributed by atoms with E-state index < -0.39 is 12.0 Å². The molecule has 0 saturated carbocycles. The van der Waals surface area contributed by atoms with Crippen molar-refractivity contribution in [3.8, 4) is 6.07 Å². The summed E-state index contributed by atoms with van der Waals surface area (Å²) in [6.45, 7) is 0.493. The van der Waals surface area contributed by atoms with E-state index in [0.717, 1.165) is 5.56 Å². The molecule has 3 nitrogen and oxygen atoms in total. The largest absolute Gasteiger partial charge is 0.472 e. The molecule has 0 bridgehead atoms. The van der Waals surface area contributed by atoms with Gasteiger partial charge in [0.1, 0.15) is 6.04 Å². The lowest BCUT2D eigenvalue weighted by atomic mass is 10.0. The Morgan fingerprint density at radius 2 is 2.12 bits per heavy atom. The zero-order valence-corrected chi connectivity index (χ0v) is 8.70. The van der Waals surface area contributed by atoms with Gasteiger partial charge in [-0.3, -0.25) is 4.90 Å². The molecule has 1 atom stereocenters. The number of hydrogen-bond donors (Lipinski definition) is 0. The first-order valence-corrected chi connectivity index (χ1v) is 5.16. The molecule has 1 aliphatic heterocycles. The first kappa shape index (κ1) is 11.1. The highest BCUT2D eigenvalue weighted by Gasteiger charge is 2.36. The van der Waals surface area contributed by atoms with Crippen LogP contribution in [-0.2, 0) is 0 Å². The molecule has 1 aromatic heterocycles. The Labute approximate surface area is 92.3 Å². The van der Waals surface area contributed by atoms with Crippen LogP contribution >= 0.6 is 0 Å². The van der Waals surface area contributed by atoms with E-state index in [4.69, 9.17) is 9.68 Å². The summed E-state index contributed by atoms with van der Waals surface area (Å²) in [4.78, 5) is 1.77. The highest BCUT2D eigenvalue weighted by Crippen LogP contribution is 2.32. The molecule has 0 aromatic carbocycles. The zero-order valence-electron chi connectivity index (χ0n) is 8.70. The van der Waals surface area contributed by atoms with Gasteiger partial charge in [-0.2, -0.15) is 5.26 Å². The summed E-state index contributed by atoms with van der Waals surface area (Å²) >= 11 is 0. The van der Waals surface area contributed by atoms with Crippen LogP contribution in [0, 0.1) is 11.3 Å². The minimum Gasteiger partial charge on any atom is -0.472 e. The van der Waals surface area contributed by atoms with Crippen molar-refractivity contribution in [3.63, 3.8) is 0 Å². The Kier molecular flexibility index (Phi) is 2.92. The Morgan fingerprint density at radius 1 is 1.44 bits per heavy atom. The first-order chi connectivity index (χ1) is 7.62. The van der Waals surface area contributed by atoms with Gasteiger partial charge in [-0.05, 0) is 6.07 Å². The summed E-state index contributed by atoms with van der Waals surface area (Å²) in [5.74, 6) is -2.58. The van der Waals surface area contributed by atoms with Crippen LogP contribution in [0.3, 0.4) is 0 Å². The second-order valence-electron chi connectivity index (χ2n) is 3.98. The van der Waals surface area contributed by atoms with Crippen molar-refractivity contribution >= 4 is 0 Å². The van der Waals surface area contributed by atoms with Crippen molar-refractivity contribution in [2.45, 2.75) is 24.8 Å². The highest BCUT2D eigenvalue weighted by atomic mass is 19.3. The summed E-state index contributed by atoms with van der Waals surface area (Å²) in [7, 11) is 0. The standard InChI is InChI=1S/C11H12F2N2O/c12-11(13)2-4-15(5-3-11)10(7-14)9-1-6-16-8-9/h1,6,8,10H,2-5H2. The topological polar surface area (TPSA) is 40.2 Å². The summed E-state index contributed by atoms with van der Waals surface area (Å²) in [6, 6.07) is 3.34. The second-order valence-corrected chi connectivity index (χ2v) is 3.98. The summed E-state index contributed by atoms with van der Waals surface area (Å²) in [5, 5.41) is 9.06. The Hall–Kier alpha value is -1.41. The highest BCUT2D eigenvalue weighted by molar-refractivity contribution is 5.19. The average Bonchev–Trinajstić information content (AvgIpc) is 2.75. The van der Waals surface area contributed by atoms with Crippen molar-refractivity contribution in [2.75, 3.05) is 13.1 Å². The molecule has 0 spiro atoms. The molecule has 0 N–H and O–H groups in total. The lowest BCUT2D eigenvalue weighted by Crippen LogP contribution is -2.40. The molecule has 86 valence electrons. The maximum Gasteiger partial charge on any atom is 0.250 e. The van der Waals surface area contributed by atoms with Gasteiger partial charge in [0, 0.05) is 31.5 Å². The number of alkyl halides is 2. The lowest BCUT2D eigenvalue weighted by molar-refractivity contribution is -0.0595. The van der Waals surface area contributed by atoms with Gasteiger partial charge in [-0.25, -0.2) is 8.78 Å². The van der Waals surface area contributed by atoms with E-state index in [1.54, 1.807) is 11.0 Å². The Balaban J connectivity index is 2.05. The molecule has 2 rings (SSSR count). The molecular formula is C11H12F2N2O. The van der Waals surface area contributed by atoms with E-state index in [-0.39, 0.29) is 25.9 Å². The van der Waals surface area contributed by atoms with E-state index in [1.807, 2.05) is 0 Å². The molecule has 1 saturated heterocycles. The zero-order chi connectivity index (χ0) is 11.6. The van der Waals surface area contributed by atoms with Crippen molar-refractivity contribution in [3.05, 3.63) is 24.2 Å². The quantitative estimate of drug-likeness (QED) is 0.778. The van der Waals surface area contributed by atoms with Crippen molar-refractivity contribution in [1.82, 2.24) is 4.90 Å². The molecule has 0 aliphatic carbocycles. The van der Waals surface area contributed by atoms with E-state index in [1.165, 1.54) is 12.5 Å². The number of halogens is 2. The first-order valence-electron chi connectivity index (χ1n) is 5.16. The fraction of sp³-hybridized carbons (Fsp3) is 0.545. The molecular weight excluding hydrogens is 214 g/mol. The van der Waals surface area contributed by atoms with Crippen LogP contribution in [0.5, 0.6) is 0 Å². The number of rotatable bonds is 2. The third-order valence-electron chi connectivity index (χ3n) is 2.88. The fourth-order valence-electron chi connectivity index (χ4n) is 1.91. The molecule has 1 unspecified atom stereocenters. The van der Waals surface area contributed by atoms with E-state index >= 15 is 0 Å². The van der Waals surface area contributed by atoms with Crippen LogP contribution in [-0.4, -0.2) is 23.9 Å². The molecule has 1 aromatic rings. The maximum absolute atomic E-state index is 13.0. The van der Waals surface area contributed by atoms with E-state index in [9.17, 15) is 8.78 Å². The normalized spacial score (nSPS) is 22.6. The maximum atomic E-state index is 13.0. The summed E-state index contributed by atoms with van der Waals surface area (Å²) in [6.07, 6.45) is 2.62. The van der Waals surface area contributed by atoms with Gasteiger partial charge in [0.15, 0.2) is 0 Å². The van der Waals surface area contributed by atoms with Crippen LogP contribution in [0.1, 0.15) is 24.4 Å². The molecule has 5 heteroatoms. The van der Waals surface area contributed by atoms with Crippen LogP contribution in [0.4, 0.5) is 8.78 Å². The van der Waals surface area contributed by atoms with E-state index in [2.05, 4.69) is 6.07 Å². The van der Waals surface area contributed by atoms with Gasteiger partial charge in [0.25, 0.3) is 5.92 Å². The molecule has 2 heterocycles. The van der Waals surface area contributed by atoms with Crippen LogP contribution < -0.4 is 0 Å². The third-order valence-corrected chi connectivity index (χ3v) is 2.88. The van der Waals surface area contributed by atoms with Crippen molar-refractivity contribution < 1.29 is 13.2 Å². The van der Waals surface area contributed by atoms with Crippen LogP contribution in [0.2, 0.25) is 0 Å². The minimum atomic E-state index is -2.58. The number of nitrogens with zero attached hydrogens (tertiary/aromatic N) is 2. The van der Waals surface area contributed by atoms with Gasteiger partial charge in [0.05, 0.1) is 18.6 Å². The van der Waals surface area contributed by atoms with Crippen LogP contribution in [0.15, 0.2) is 23.0 Å². The molecule has 1 aliphatic rings. The van der Waals surface area contributed by atoms with Crippen molar-refractivity contribution in [2.24, 2.45) is 0 Å². The Morgan fingerprint density at radius 3 is 2.62 bits per heavy atom. The predicted molar refractivity (Wildman–Crippen MR) is 52.8 cm³/mol. The number of nitriles is 1. The molecule has 16 heavy (non-hydrogen) atoms. The monoisotopic (exact) mass is 226 g/mol. The van der Waals surface area contributed by atoms with E-state index in [0.29, 0.717) is 0 Å². The minimum absolute atomic E-state index is 0.178. The second kappa shape index (κ2) is 4.22. The van der Waals surface area contributed by atoms with Gasteiger partial charge in [-0.15, -0.1) is 0 Å². The Bertz CT molecular complexity index is 373. The number of furan rings is 1. The van der Waals surface area contributed by atoms with Crippen molar-refractivity contribution in [1.29, 1.82) is 5.26 Å². The van der Waals surface area contributed by atoms with Gasteiger partial charge >= 0.3 is 0 Å². The SMILES string of the molecule is N#CC(c1ccoc1)N1CCC(F)(F)CC1. The van der Waals surface area contributed by atoms with Gasteiger partial charge < -0.3 is 4.42 Å². The van der Waals surface area contributed by atoms with Crippen LogP contribution in [0.25, 0.3) is 0 Å². The number of hydrogen-bond acceptors (Lipinski definition) is 3. The number of piperidine rings is 1. The van der Waals surface area contributed by atoms with Gasteiger partial charge in [-0.1, -0.05) is 0 Å². The molecule has 1 fully saturated rings.